The van der Waals surface area contributed by atoms with Gasteiger partial charge in [-0.05, 0) is 19.8 Å². The van der Waals surface area contributed by atoms with E-state index in [0.29, 0.717) is 0 Å². The second-order valence-electron chi connectivity index (χ2n) is 4.36. The van der Waals surface area contributed by atoms with Gasteiger partial charge in [0.25, 0.3) is 0 Å². The van der Waals surface area contributed by atoms with Crippen LogP contribution >= 0.6 is 0 Å². The number of fused-ring (bicyclic) bond motifs is 1. The molecular formula is C11H15N5O. The van der Waals surface area contributed by atoms with E-state index < -0.39 is 0 Å². The van der Waals surface area contributed by atoms with Crippen LogP contribution in [-0.2, 0) is 0 Å². The lowest BCUT2D eigenvalue weighted by atomic mass is 10.2. The molecule has 3 heterocycles. The minimum absolute atomic E-state index is 0.158. The SMILES string of the molecule is Cc1nnc2c(N3CCCC3CO)nccn12. The number of aryl methyl sites for hydroxylation is 1. The van der Waals surface area contributed by atoms with Gasteiger partial charge >= 0.3 is 0 Å². The molecule has 1 fully saturated rings. The van der Waals surface area contributed by atoms with Gasteiger partial charge in [0.05, 0.1) is 12.6 Å². The second-order valence-corrected chi connectivity index (χ2v) is 4.36. The van der Waals surface area contributed by atoms with Gasteiger partial charge in [-0.3, -0.25) is 4.40 Å². The molecule has 1 aliphatic heterocycles. The van der Waals surface area contributed by atoms with Crippen LogP contribution in [0.1, 0.15) is 18.7 Å². The van der Waals surface area contributed by atoms with Gasteiger partial charge in [0.1, 0.15) is 5.82 Å². The zero-order valence-electron chi connectivity index (χ0n) is 9.74. The Kier molecular flexibility index (Phi) is 2.44. The molecule has 0 aromatic carbocycles. The summed E-state index contributed by atoms with van der Waals surface area (Å²) in [5, 5.41) is 17.6. The first kappa shape index (κ1) is 10.5. The normalized spacial score (nSPS) is 20.4. The fourth-order valence-electron chi connectivity index (χ4n) is 2.44. The van der Waals surface area contributed by atoms with Crippen molar-refractivity contribution in [2.24, 2.45) is 0 Å². The Balaban J connectivity index is 2.10. The molecule has 17 heavy (non-hydrogen) atoms. The summed E-state index contributed by atoms with van der Waals surface area (Å²) in [6.45, 7) is 3.00. The van der Waals surface area contributed by atoms with Gasteiger partial charge in [-0.25, -0.2) is 4.98 Å². The van der Waals surface area contributed by atoms with E-state index >= 15 is 0 Å². The van der Waals surface area contributed by atoms with Crippen molar-refractivity contribution in [3.63, 3.8) is 0 Å². The largest absolute Gasteiger partial charge is 0.394 e. The van der Waals surface area contributed by atoms with Gasteiger partial charge in [0.2, 0.25) is 5.65 Å². The van der Waals surface area contributed by atoms with Crippen LogP contribution in [0.5, 0.6) is 0 Å². The molecule has 0 radical (unpaired) electrons. The summed E-state index contributed by atoms with van der Waals surface area (Å²) in [6, 6.07) is 0.158. The fourth-order valence-corrected chi connectivity index (χ4v) is 2.44. The number of aliphatic hydroxyl groups is 1. The average molecular weight is 233 g/mol. The highest BCUT2D eigenvalue weighted by Gasteiger charge is 2.27. The molecule has 2 aromatic rings. The van der Waals surface area contributed by atoms with Gasteiger partial charge in [0.15, 0.2) is 5.82 Å². The van der Waals surface area contributed by atoms with Crippen LogP contribution in [0.3, 0.4) is 0 Å². The first-order chi connectivity index (χ1) is 8.31. The summed E-state index contributed by atoms with van der Waals surface area (Å²) >= 11 is 0. The van der Waals surface area contributed by atoms with Gasteiger partial charge in [-0.1, -0.05) is 0 Å². The molecule has 6 nitrogen and oxygen atoms in total. The highest BCUT2D eigenvalue weighted by molar-refractivity contribution is 5.64. The third-order valence-corrected chi connectivity index (χ3v) is 3.34. The molecule has 1 saturated heterocycles. The van der Waals surface area contributed by atoms with E-state index in [1.165, 1.54) is 0 Å². The van der Waals surface area contributed by atoms with E-state index in [0.717, 1.165) is 36.7 Å². The van der Waals surface area contributed by atoms with Crippen molar-refractivity contribution < 1.29 is 5.11 Å². The maximum atomic E-state index is 9.36. The van der Waals surface area contributed by atoms with Gasteiger partial charge in [0, 0.05) is 18.9 Å². The van der Waals surface area contributed by atoms with Crippen molar-refractivity contribution in [3.8, 4) is 0 Å². The topological polar surface area (TPSA) is 66.5 Å². The zero-order valence-corrected chi connectivity index (χ0v) is 9.74. The van der Waals surface area contributed by atoms with Crippen LogP contribution in [0, 0.1) is 6.92 Å². The maximum absolute atomic E-state index is 9.36. The minimum Gasteiger partial charge on any atom is -0.394 e. The van der Waals surface area contributed by atoms with Crippen LogP contribution in [0.25, 0.3) is 5.65 Å². The van der Waals surface area contributed by atoms with E-state index in [9.17, 15) is 5.11 Å². The smallest absolute Gasteiger partial charge is 0.203 e. The van der Waals surface area contributed by atoms with Crippen molar-refractivity contribution in [2.75, 3.05) is 18.1 Å². The van der Waals surface area contributed by atoms with E-state index in [1.807, 2.05) is 17.5 Å². The Morgan fingerprint density at radius 2 is 2.35 bits per heavy atom. The Hall–Kier alpha value is -1.69. The summed E-state index contributed by atoms with van der Waals surface area (Å²) in [7, 11) is 0. The Bertz CT molecular complexity index is 538. The monoisotopic (exact) mass is 233 g/mol. The molecule has 1 aliphatic rings. The predicted molar refractivity (Wildman–Crippen MR) is 63.0 cm³/mol. The fraction of sp³-hybridized carbons (Fsp3) is 0.545. The lowest BCUT2D eigenvalue weighted by Crippen LogP contribution is -2.33. The number of hydrogen-bond acceptors (Lipinski definition) is 5. The number of rotatable bonds is 2. The molecule has 1 N–H and O–H groups in total. The summed E-state index contributed by atoms with van der Waals surface area (Å²) in [5.74, 6) is 1.67. The standard InChI is InChI=1S/C11H15N5O/c1-8-13-14-11-10(12-4-6-15(8)11)16-5-2-3-9(16)7-17/h4,6,9,17H,2-3,5,7H2,1H3. The van der Waals surface area contributed by atoms with Crippen LogP contribution in [-0.4, -0.2) is 43.9 Å². The third kappa shape index (κ3) is 1.56. The number of aliphatic hydroxyl groups excluding tert-OH is 1. The Labute approximate surface area is 98.9 Å². The second kappa shape index (κ2) is 3.96. The molecule has 0 amide bonds. The highest BCUT2D eigenvalue weighted by atomic mass is 16.3. The van der Waals surface area contributed by atoms with Crippen LogP contribution in [0.4, 0.5) is 5.82 Å². The number of aromatic nitrogens is 4. The number of anilines is 1. The quantitative estimate of drug-likeness (QED) is 0.813. The Morgan fingerprint density at radius 3 is 3.18 bits per heavy atom. The Morgan fingerprint density at radius 1 is 1.47 bits per heavy atom. The molecule has 6 heteroatoms. The molecule has 1 atom stereocenters. The molecule has 0 bridgehead atoms. The zero-order chi connectivity index (χ0) is 11.8. The number of hydrogen-bond donors (Lipinski definition) is 1. The van der Waals surface area contributed by atoms with Crippen molar-refractivity contribution >= 4 is 11.5 Å². The molecule has 2 aromatic heterocycles. The van der Waals surface area contributed by atoms with Gasteiger partial charge < -0.3 is 10.0 Å². The lowest BCUT2D eigenvalue weighted by molar-refractivity contribution is 0.266. The van der Waals surface area contributed by atoms with Crippen molar-refractivity contribution in [3.05, 3.63) is 18.2 Å². The predicted octanol–water partition coefficient (Wildman–Crippen LogP) is 0.394. The number of nitrogens with zero attached hydrogens (tertiary/aromatic N) is 5. The van der Waals surface area contributed by atoms with E-state index in [-0.39, 0.29) is 12.6 Å². The summed E-state index contributed by atoms with van der Waals surface area (Å²) < 4.78 is 1.93. The minimum atomic E-state index is 0.158. The van der Waals surface area contributed by atoms with Crippen molar-refractivity contribution in [2.45, 2.75) is 25.8 Å². The average Bonchev–Trinajstić information content (AvgIpc) is 2.96. The summed E-state index contributed by atoms with van der Waals surface area (Å²) in [6.07, 6.45) is 5.71. The van der Waals surface area contributed by atoms with Crippen LogP contribution in [0.2, 0.25) is 0 Å². The van der Waals surface area contributed by atoms with E-state index in [4.69, 9.17) is 0 Å². The van der Waals surface area contributed by atoms with Gasteiger partial charge in [-0.15, -0.1) is 10.2 Å². The highest BCUT2D eigenvalue weighted by Crippen LogP contribution is 2.26. The third-order valence-electron chi connectivity index (χ3n) is 3.34. The molecule has 0 saturated carbocycles. The first-order valence-electron chi connectivity index (χ1n) is 5.85. The van der Waals surface area contributed by atoms with Crippen molar-refractivity contribution in [1.29, 1.82) is 0 Å². The lowest BCUT2D eigenvalue weighted by Gasteiger charge is -2.23. The maximum Gasteiger partial charge on any atom is 0.203 e. The first-order valence-corrected chi connectivity index (χ1v) is 5.85. The molecule has 90 valence electrons. The van der Waals surface area contributed by atoms with Crippen LogP contribution < -0.4 is 4.90 Å². The van der Waals surface area contributed by atoms with E-state index in [2.05, 4.69) is 20.1 Å². The summed E-state index contributed by atoms with van der Waals surface area (Å²) in [5.41, 5.74) is 0.769. The molecule has 0 spiro atoms. The molecule has 3 rings (SSSR count). The van der Waals surface area contributed by atoms with E-state index in [1.54, 1.807) is 6.20 Å². The summed E-state index contributed by atoms with van der Waals surface area (Å²) in [4.78, 5) is 6.52. The molecular weight excluding hydrogens is 218 g/mol. The molecule has 0 aliphatic carbocycles. The van der Waals surface area contributed by atoms with Crippen molar-refractivity contribution in [1.82, 2.24) is 19.6 Å². The molecule has 1 unspecified atom stereocenters. The van der Waals surface area contributed by atoms with Crippen LogP contribution in [0.15, 0.2) is 12.4 Å². The van der Waals surface area contributed by atoms with Gasteiger partial charge in [-0.2, -0.15) is 0 Å².